The zero-order valence-corrected chi connectivity index (χ0v) is 17.9. The number of hydrogen-bond donors (Lipinski definition) is 2. The maximum atomic E-state index is 12.4. The molecule has 1 aliphatic carbocycles. The molecule has 3 heterocycles. The molecule has 8 nitrogen and oxygen atoms in total. The first-order valence-corrected chi connectivity index (χ1v) is 11.0. The Morgan fingerprint density at radius 3 is 2.75 bits per heavy atom. The van der Waals surface area contributed by atoms with Gasteiger partial charge in [-0.3, -0.25) is 9.78 Å². The van der Waals surface area contributed by atoms with Gasteiger partial charge < -0.3 is 20.3 Å². The molecule has 1 aromatic carbocycles. The summed E-state index contributed by atoms with van der Waals surface area (Å²) in [4.78, 5) is 28.1. The molecule has 0 saturated carbocycles. The first-order valence-electron chi connectivity index (χ1n) is 11.0. The Hall–Kier alpha value is -3.52. The molecule has 0 atom stereocenters. The second-order valence-corrected chi connectivity index (χ2v) is 8.00. The number of rotatable bonds is 6. The number of carbonyl (C=O) groups is 1. The van der Waals surface area contributed by atoms with Crippen molar-refractivity contribution in [2.24, 2.45) is 0 Å². The standard InChI is InChI=1S/C24H26N6O2/c31-23(21-6-1-2-9-25-21)26-16-20-15-22(29-24(28-20)30-10-12-32-13-11-30)27-19-8-7-17-4-3-5-18(17)14-19/h1-2,6-9,14-15H,3-5,10-13,16H2,(H,26,31)(H,27,28,29). The minimum atomic E-state index is -0.231. The Morgan fingerprint density at radius 2 is 1.91 bits per heavy atom. The van der Waals surface area contributed by atoms with Gasteiger partial charge in [0.25, 0.3) is 5.91 Å². The van der Waals surface area contributed by atoms with Gasteiger partial charge in [0.1, 0.15) is 11.5 Å². The van der Waals surface area contributed by atoms with E-state index in [1.165, 1.54) is 17.5 Å². The first kappa shape index (κ1) is 20.4. The highest BCUT2D eigenvalue weighted by Gasteiger charge is 2.17. The number of amides is 1. The van der Waals surface area contributed by atoms with Crippen LogP contribution in [-0.2, 0) is 24.1 Å². The zero-order chi connectivity index (χ0) is 21.8. The predicted octanol–water partition coefficient (Wildman–Crippen LogP) is 2.87. The number of hydrogen-bond acceptors (Lipinski definition) is 7. The van der Waals surface area contributed by atoms with Crippen molar-refractivity contribution < 1.29 is 9.53 Å². The minimum absolute atomic E-state index is 0.231. The van der Waals surface area contributed by atoms with E-state index in [0.717, 1.165) is 37.3 Å². The molecule has 2 aliphatic rings. The molecule has 0 spiro atoms. The molecule has 32 heavy (non-hydrogen) atoms. The van der Waals surface area contributed by atoms with E-state index in [0.29, 0.717) is 30.7 Å². The van der Waals surface area contributed by atoms with E-state index in [1.807, 2.05) is 6.07 Å². The molecule has 2 N–H and O–H groups in total. The summed E-state index contributed by atoms with van der Waals surface area (Å²) in [6.45, 7) is 3.06. The summed E-state index contributed by atoms with van der Waals surface area (Å²) in [7, 11) is 0. The van der Waals surface area contributed by atoms with Crippen LogP contribution in [0.1, 0.15) is 33.7 Å². The Bertz CT molecular complexity index is 1100. The van der Waals surface area contributed by atoms with E-state index in [4.69, 9.17) is 14.7 Å². The number of fused-ring (bicyclic) bond motifs is 1. The molecule has 8 heteroatoms. The maximum absolute atomic E-state index is 12.4. The quantitative estimate of drug-likeness (QED) is 0.621. The van der Waals surface area contributed by atoms with Crippen molar-refractivity contribution >= 4 is 23.4 Å². The van der Waals surface area contributed by atoms with E-state index in [1.54, 1.807) is 24.4 Å². The van der Waals surface area contributed by atoms with Gasteiger partial charge in [-0.2, -0.15) is 4.98 Å². The van der Waals surface area contributed by atoms with Crippen molar-refractivity contribution in [3.05, 3.63) is 71.2 Å². The van der Waals surface area contributed by atoms with Crippen molar-refractivity contribution in [1.82, 2.24) is 20.3 Å². The summed E-state index contributed by atoms with van der Waals surface area (Å²) in [6.07, 6.45) is 5.10. The Morgan fingerprint density at radius 1 is 1.03 bits per heavy atom. The lowest BCUT2D eigenvalue weighted by Gasteiger charge is -2.27. The van der Waals surface area contributed by atoms with Crippen LogP contribution < -0.4 is 15.5 Å². The van der Waals surface area contributed by atoms with Crippen molar-refractivity contribution in [1.29, 1.82) is 0 Å². The molecule has 1 aliphatic heterocycles. The monoisotopic (exact) mass is 430 g/mol. The number of anilines is 3. The topological polar surface area (TPSA) is 92.3 Å². The molecule has 3 aromatic rings. The molecular weight excluding hydrogens is 404 g/mol. The van der Waals surface area contributed by atoms with Gasteiger partial charge in [0.05, 0.1) is 25.5 Å². The summed E-state index contributed by atoms with van der Waals surface area (Å²) in [6, 6.07) is 13.7. The van der Waals surface area contributed by atoms with Gasteiger partial charge in [0, 0.05) is 31.0 Å². The highest BCUT2D eigenvalue weighted by molar-refractivity contribution is 5.92. The number of nitrogens with one attached hydrogen (secondary N) is 2. The third-order valence-electron chi connectivity index (χ3n) is 5.76. The second kappa shape index (κ2) is 9.32. The average Bonchev–Trinajstić information content (AvgIpc) is 3.31. The number of ether oxygens (including phenoxy) is 1. The van der Waals surface area contributed by atoms with Crippen LogP contribution in [0.5, 0.6) is 0 Å². The van der Waals surface area contributed by atoms with Crippen LogP contribution in [0, 0.1) is 0 Å². The van der Waals surface area contributed by atoms with Gasteiger partial charge in [-0.1, -0.05) is 12.1 Å². The number of nitrogens with zero attached hydrogens (tertiary/aromatic N) is 4. The Balaban J connectivity index is 1.37. The molecule has 2 aromatic heterocycles. The normalized spacial score (nSPS) is 15.3. The van der Waals surface area contributed by atoms with Crippen molar-refractivity contribution in [2.75, 3.05) is 36.5 Å². The second-order valence-electron chi connectivity index (χ2n) is 8.00. The van der Waals surface area contributed by atoms with E-state index >= 15 is 0 Å². The van der Waals surface area contributed by atoms with E-state index < -0.39 is 0 Å². The van der Waals surface area contributed by atoms with Crippen LogP contribution in [0.25, 0.3) is 0 Å². The summed E-state index contributed by atoms with van der Waals surface area (Å²) in [5.74, 6) is 1.12. The van der Waals surface area contributed by atoms with Gasteiger partial charge in [-0.05, 0) is 54.7 Å². The molecule has 1 fully saturated rings. The van der Waals surface area contributed by atoms with Crippen LogP contribution in [0.15, 0.2) is 48.7 Å². The fourth-order valence-electron chi connectivity index (χ4n) is 4.10. The van der Waals surface area contributed by atoms with Crippen molar-refractivity contribution in [2.45, 2.75) is 25.8 Å². The van der Waals surface area contributed by atoms with Crippen molar-refractivity contribution in [3.63, 3.8) is 0 Å². The SMILES string of the molecule is O=C(NCc1cc(Nc2ccc3c(c2)CCC3)nc(N2CCOCC2)n1)c1ccccn1. The summed E-state index contributed by atoms with van der Waals surface area (Å²) in [5, 5.41) is 6.35. The highest BCUT2D eigenvalue weighted by atomic mass is 16.5. The van der Waals surface area contributed by atoms with Crippen LogP contribution in [0.2, 0.25) is 0 Å². The largest absolute Gasteiger partial charge is 0.378 e. The average molecular weight is 431 g/mol. The van der Waals surface area contributed by atoms with Crippen LogP contribution >= 0.6 is 0 Å². The van der Waals surface area contributed by atoms with Gasteiger partial charge in [-0.15, -0.1) is 0 Å². The Labute approximate surface area is 187 Å². The smallest absolute Gasteiger partial charge is 0.270 e. The van der Waals surface area contributed by atoms with Crippen molar-refractivity contribution in [3.8, 4) is 0 Å². The van der Waals surface area contributed by atoms with E-state index in [2.05, 4.69) is 38.7 Å². The summed E-state index contributed by atoms with van der Waals surface area (Å²) in [5.41, 5.74) is 4.96. The number of benzene rings is 1. The molecule has 0 unspecified atom stereocenters. The third kappa shape index (κ3) is 4.70. The van der Waals surface area contributed by atoms with E-state index in [9.17, 15) is 4.79 Å². The summed E-state index contributed by atoms with van der Waals surface area (Å²) >= 11 is 0. The fraction of sp³-hybridized carbons (Fsp3) is 0.333. The molecule has 0 bridgehead atoms. The molecule has 1 saturated heterocycles. The van der Waals surface area contributed by atoms with Gasteiger partial charge >= 0.3 is 0 Å². The number of morpholine rings is 1. The number of aromatic nitrogens is 3. The lowest BCUT2D eigenvalue weighted by Crippen LogP contribution is -2.37. The number of aryl methyl sites for hydroxylation is 2. The molecule has 0 radical (unpaired) electrons. The first-order chi connectivity index (χ1) is 15.7. The summed E-state index contributed by atoms with van der Waals surface area (Å²) < 4.78 is 5.47. The maximum Gasteiger partial charge on any atom is 0.270 e. The lowest BCUT2D eigenvalue weighted by molar-refractivity contribution is 0.0945. The van der Waals surface area contributed by atoms with Crippen LogP contribution in [-0.4, -0.2) is 47.2 Å². The van der Waals surface area contributed by atoms with Crippen LogP contribution in [0.3, 0.4) is 0 Å². The number of carbonyl (C=O) groups excluding carboxylic acids is 1. The molecular formula is C24H26N6O2. The Kier molecular flexibility index (Phi) is 5.93. The molecule has 5 rings (SSSR count). The molecule has 1 amide bonds. The third-order valence-corrected chi connectivity index (χ3v) is 5.76. The predicted molar refractivity (Wildman–Crippen MR) is 122 cm³/mol. The zero-order valence-electron chi connectivity index (χ0n) is 17.9. The van der Waals surface area contributed by atoms with Gasteiger partial charge in [0.2, 0.25) is 5.95 Å². The number of pyridine rings is 1. The fourth-order valence-corrected chi connectivity index (χ4v) is 4.10. The van der Waals surface area contributed by atoms with Gasteiger partial charge in [-0.25, -0.2) is 4.98 Å². The molecule has 164 valence electrons. The highest BCUT2D eigenvalue weighted by Crippen LogP contribution is 2.27. The lowest BCUT2D eigenvalue weighted by atomic mass is 10.1. The van der Waals surface area contributed by atoms with Crippen LogP contribution in [0.4, 0.5) is 17.5 Å². The van der Waals surface area contributed by atoms with E-state index in [-0.39, 0.29) is 12.5 Å². The van der Waals surface area contributed by atoms with Gasteiger partial charge in [0.15, 0.2) is 0 Å². The minimum Gasteiger partial charge on any atom is -0.378 e.